The summed E-state index contributed by atoms with van der Waals surface area (Å²) < 4.78 is 33.6. The number of unbranched alkanes of at least 4 members (excludes halogenated alkanes) is 1. The minimum atomic E-state index is -2.86. The Labute approximate surface area is 129 Å². The summed E-state index contributed by atoms with van der Waals surface area (Å²) in [6, 6.07) is 5.36. The third-order valence-corrected chi connectivity index (χ3v) is 2.73. The fraction of sp³-hybridized carbons (Fsp3) is 0.533. The number of nitrogens with one attached hydrogen (secondary N) is 2. The van der Waals surface area contributed by atoms with E-state index >= 15 is 0 Å². The van der Waals surface area contributed by atoms with Crippen molar-refractivity contribution in [2.24, 2.45) is 0 Å². The van der Waals surface area contributed by atoms with Crippen LogP contribution in [0.15, 0.2) is 24.3 Å². The molecule has 7 heteroatoms. The van der Waals surface area contributed by atoms with Crippen LogP contribution in [0, 0.1) is 0 Å². The minimum absolute atomic E-state index is 0.0465. The lowest BCUT2D eigenvalue weighted by Gasteiger charge is -2.09. The molecule has 22 heavy (non-hydrogen) atoms. The largest absolute Gasteiger partial charge is 0.435 e. The van der Waals surface area contributed by atoms with E-state index in [4.69, 9.17) is 4.74 Å². The molecule has 0 saturated heterocycles. The number of hydrogen-bond acceptors (Lipinski definition) is 3. The van der Waals surface area contributed by atoms with E-state index in [2.05, 4.69) is 22.3 Å². The highest BCUT2D eigenvalue weighted by molar-refractivity contribution is 5.89. The second-order valence-corrected chi connectivity index (χ2v) is 4.60. The average molecular weight is 316 g/mol. The molecule has 0 aliphatic rings. The number of ether oxygens (including phenoxy) is 2. The Hall–Kier alpha value is -1.89. The van der Waals surface area contributed by atoms with Crippen LogP contribution in [0.1, 0.15) is 26.2 Å². The van der Waals surface area contributed by atoms with Crippen LogP contribution in [0.4, 0.5) is 19.3 Å². The maximum Gasteiger partial charge on any atom is 0.387 e. The van der Waals surface area contributed by atoms with Crippen molar-refractivity contribution in [1.82, 2.24) is 5.32 Å². The zero-order valence-electron chi connectivity index (χ0n) is 12.6. The smallest absolute Gasteiger partial charge is 0.387 e. The normalized spacial score (nSPS) is 10.5. The van der Waals surface area contributed by atoms with Crippen LogP contribution in [0.25, 0.3) is 0 Å². The summed E-state index contributed by atoms with van der Waals surface area (Å²) in [6.07, 6.45) is 2.87. The molecule has 1 aromatic rings. The van der Waals surface area contributed by atoms with Crippen molar-refractivity contribution in [1.29, 1.82) is 0 Å². The second kappa shape index (κ2) is 10.8. The van der Waals surface area contributed by atoms with Crippen molar-refractivity contribution in [2.45, 2.75) is 32.8 Å². The molecule has 124 valence electrons. The monoisotopic (exact) mass is 316 g/mol. The number of urea groups is 1. The Bertz CT molecular complexity index is 427. The number of carbonyl (C=O) groups excluding carboxylic acids is 1. The molecule has 1 aromatic carbocycles. The van der Waals surface area contributed by atoms with Gasteiger partial charge in [-0.3, -0.25) is 0 Å². The van der Waals surface area contributed by atoms with Gasteiger partial charge >= 0.3 is 12.6 Å². The number of halogens is 2. The summed E-state index contributed by atoms with van der Waals surface area (Å²) in [5, 5.41) is 5.29. The van der Waals surface area contributed by atoms with Crippen LogP contribution in [0.2, 0.25) is 0 Å². The second-order valence-electron chi connectivity index (χ2n) is 4.60. The summed E-state index contributed by atoms with van der Waals surface area (Å²) in [6.45, 7) is 1.10. The predicted octanol–water partition coefficient (Wildman–Crippen LogP) is 3.62. The first kappa shape index (κ1) is 18.2. The number of anilines is 1. The van der Waals surface area contributed by atoms with Gasteiger partial charge in [0.05, 0.1) is 0 Å². The molecule has 0 unspecified atom stereocenters. The van der Waals surface area contributed by atoms with E-state index in [0.29, 0.717) is 18.8 Å². The van der Waals surface area contributed by atoms with Crippen LogP contribution < -0.4 is 15.4 Å². The molecule has 0 atom stereocenters. The van der Waals surface area contributed by atoms with Gasteiger partial charge in [-0.15, -0.1) is 0 Å². The molecule has 0 radical (unpaired) electrons. The maximum atomic E-state index is 12.0. The highest BCUT2D eigenvalue weighted by atomic mass is 19.3. The maximum absolute atomic E-state index is 12.0. The minimum Gasteiger partial charge on any atom is -0.435 e. The number of rotatable bonds is 10. The van der Waals surface area contributed by atoms with Crippen molar-refractivity contribution in [3.63, 3.8) is 0 Å². The van der Waals surface area contributed by atoms with Crippen LogP contribution in [0.5, 0.6) is 5.75 Å². The molecule has 2 amide bonds. The van der Waals surface area contributed by atoms with E-state index in [1.54, 1.807) is 0 Å². The van der Waals surface area contributed by atoms with E-state index in [-0.39, 0.29) is 11.8 Å². The molecule has 0 aliphatic carbocycles. The molecule has 1 rings (SSSR count). The van der Waals surface area contributed by atoms with Gasteiger partial charge in [-0.05, 0) is 37.1 Å². The first-order valence-corrected chi connectivity index (χ1v) is 7.29. The summed E-state index contributed by atoms with van der Waals surface area (Å²) >= 11 is 0. The molecule has 0 aromatic heterocycles. The van der Waals surface area contributed by atoms with Crippen molar-refractivity contribution in [3.8, 4) is 5.75 Å². The quantitative estimate of drug-likeness (QED) is 0.648. The summed E-state index contributed by atoms with van der Waals surface area (Å²) in [5.41, 5.74) is 0.498. The molecule has 0 saturated carbocycles. The Morgan fingerprint density at radius 2 is 1.86 bits per heavy atom. The van der Waals surface area contributed by atoms with Crippen molar-refractivity contribution >= 4 is 11.7 Å². The lowest BCUT2D eigenvalue weighted by molar-refractivity contribution is -0.0498. The Morgan fingerprint density at radius 1 is 1.18 bits per heavy atom. The van der Waals surface area contributed by atoms with Gasteiger partial charge in [-0.1, -0.05) is 13.3 Å². The third kappa shape index (κ3) is 8.41. The van der Waals surface area contributed by atoms with Gasteiger partial charge in [0.1, 0.15) is 5.75 Å². The molecule has 0 bridgehead atoms. The van der Waals surface area contributed by atoms with E-state index in [1.165, 1.54) is 24.3 Å². The Kier molecular flexibility index (Phi) is 8.90. The third-order valence-electron chi connectivity index (χ3n) is 2.73. The Morgan fingerprint density at radius 3 is 2.50 bits per heavy atom. The number of carbonyl (C=O) groups is 1. The first-order chi connectivity index (χ1) is 10.6. The van der Waals surface area contributed by atoms with Gasteiger partial charge in [0.25, 0.3) is 0 Å². The molecule has 0 heterocycles. The fourth-order valence-electron chi connectivity index (χ4n) is 1.62. The number of hydrogen-bond donors (Lipinski definition) is 2. The molecular weight excluding hydrogens is 294 g/mol. The summed E-state index contributed by atoms with van der Waals surface area (Å²) in [4.78, 5) is 11.6. The lowest BCUT2D eigenvalue weighted by Crippen LogP contribution is -2.30. The topological polar surface area (TPSA) is 59.6 Å². The van der Waals surface area contributed by atoms with Gasteiger partial charge in [-0.25, -0.2) is 4.79 Å². The molecule has 2 N–H and O–H groups in total. The van der Waals surface area contributed by atoms with Crippen LogP contribution >= 0.6 is 0 Å². The van der Waals surface area contributed by atoms with Gasteiger partial charge in [0.15, 0.2) is 0 Å². The van der Waals surface area contributed by atoms with E-state index in [1.807, 2.05) is 0 Å². The zero-order valence-corrected chi connectivity index (χ0v) is 12.6. The van der Waals surface area contributed by atoms with Crippen molar-refractivity contribution in [3.05, 3.63) is 24.3 Å². The number of alkyl halides is 2. The Balaban J connectivity index is 2.16. The van der Waals surface area contributed by atoms with Gasteiger partial charge in [0.2, 0.25) is 0 Å². The van der Waals surface area contributed by atoms with Crippen molar-refractivity contribution < 1.29 is 23.0 Å². The van der Waals surface area contributed by atoms with Crippen LogP contribution in [0.3, 0.4) is 0 Å². The molecule has 0 aliphatic heterocycles. The van der Waals surface area contributed by atoms with Crippen molar-refractivity contribution in [2.75, 3.05) is 25.1 Å². The molecule has 0 spiro atoms. The van der Waals surface area contributed by atoms with E-state index in [0.717, 1.165) is 25.9 Å². The molecular formula is C15H22F2N2O3. The van der Waals surface area contributed by atoms with E-state index < -0.39 is 6.61 Å². The average Bonchev–Trinajstić information content (AvgIpc) is 2.48. The van der Waals surface area contributed by atoms with Crippen LogP contribution in [-0.4, -0.2) is 32.4 Å². The van der Waals surface area contributed by atoms with Gasteiger partial charge < -0.3 is 20.1 Å². The highest BCUT2D eigenvalue weighted by Gasteiger charge is 2.05. The molecule has 0 fully saturated rings. The summed E-state index contributed by atoms with van der Waals surface area (Å²) in [7, 11) is 0. The zero-order chi connectivity index (χ0) is 16.2. The summed E-state index contributed by atoms with van der Waals surface area (Å²) in [5.74, 6) is 0.0465. The number of amides is 2. The standard InChI is InChI=1S/C15H22F2N2O3/c1-2-3-10-21-11-4-9-18-15(20)19-12-5-7-13(8-6-12)22-14(16)17/h5-8,14H,2-4,9-11H2,1H3,(H2,18,19,20). The predicted molar refractivity (Wildman–Crippen MR) is 80.4 cm³/mol. The SMILES string of the molecule is CCCCOCCCNC(=O)Nc1ccc(OC(F)F)cc1. The van der Waals surface area contributed by atoms with Gasteiger partial charge in [0, 0.05) is 25.4 Å². The van der Waals surface area contributed by atoms with E-state index in [9.17, 15) is 13.6 Å². The van der Waals surface area contributed by atoms with Crippen LogP contribution in [-0.2, 0) is 4.74 Å². The van der Waals surface area contributed by atoms with Gasteiger partial charge in [-0.2, -0.15) is 8.78 Å². The molecule has 5 nitrogen and oxygen atoms in total. The highest BCUT2D eigenvalue weighted by Crippen LogP contribution is 2.17. The lowest BCUT2D eigenvalue weighted by atomic mass is 10.3. The number of benzene rings is 1. The fourth-order valence-corrected chi connectivity index (χ4v) is 1.62. The first-order valence-electron chi connectivity index (χ1n) is 7.29.